The maximum Gasteiger partial charge on any atom is 0.249 e. The molecule has 1 aromatic heterocycles. The van der Waals surface area contributed by atoms with E-state index in [1.54, 1.807) is 26.4 Å². The van der Waals surface area contributed by atoms with Crippen LogP contribution in [0.25, 0.3) is 5.69 Å². The number of nitrogens with one attached hydrogen (secondary N) is 2. The predicted molar refractivity (Wildman–Crippen MR) is 142 cm³/mol. The highest BCUT2D eigenvalue weighted by Gasteiger charge is 2.13. The second-order valence-electron chi connectivity index (χ2n) is 8.02. The molecule has 0 fully saturated rings. The normalized spacial score (nSPS) is 10.9. The average molecular weight is 531 g/mol. The highest BCUT2D eigenvalue weighted by molar-refractivity contribution is 6.35. The van der Waals surface area contributed by atoms with Crippen molar-refractivity contribution in [3.8, 4) is 17.2 Å². The van der Waals surface area contributed by atoms with E-state index in [4.69, 9.17) is 32.7 Å². The molecule has 0 aliphatic heterocycles. The number of benzene rings is 2. The Balaban J connectivity index is 1.50. The van der Waals surface area contributed by atoms with Gasteiger partial charge in [0.15, 0.2) is 11.5 Å². The van der Waals surface area contributed by atoms with E-state index in [0.29, 0.717) is 34.5 Å². The third kappa shape index (κ3) is 6.80. The molecule has 190 valence electrons. The molecule has 0 spiro atoms. The number of nitrogens with zero attached hydrogens (tertiary/aromatic N) is 2. The molecule has 0 aliphatic rings. The Kier molecular flexibility index (Phi) is 9.38. The second kappa shape index (κ2) is 12.5. The monoisotopic (exact) mass is 530 g/mol. The summed E-state index contributed by atoms with van der Waals surface area (Å²) in [6.45, 7) is 4.25. The van der Waals surface area contributed by atoms with E-state index in [9.17, 15) is 9.59 Å². The highest BCUT2D eigenvalue weighted by atomic mass is 35.5. The number of ether oxygens (including phenoxy) is 2. The zero-order valence-corrected chi connectivity index (χ0v) is 22.0. The first-order valence-corrected chi connectivity index (χ1v) is 11.9. The summed E-state index contributed by atoms with van der Waals surface area (Å²) >= 11 is 12.4. The third-order valence-electron chi connectivity index (χ3n) is 5.52. The van der Waals surface area contributed by atoms with Crippen LogP contribution in [0.4, 0.5) is 0 Å². The molecule has 0 radical (unpaired) electrons. The van der Waals surface area contributed by atoms with Crippen molar-refractivity contribution in [3.63, 3.8) is 0 Å². The van der Waals surface area contributed by atoms with Gasteiger partial charge in [0.2, 0.25) is 11.8 Å². The van der Waals surface area contributed by atoms with Crippen LogP contribution in [0.1, 0.15) is 28.9 Å². The van der Waals surface area contributed by atoms with Gasteiger partial charge in [0.1, 0.15) is 6.42 Å². The third-order valence-corrected chi connectivity index (χ3v) is 6.06. The number of hydrazone groups is 1. The van der Waals surface area contributed by atoms with Crippen molar-refractivity contribution in [2.24, 2.45) is 5.10 Å². The van der Waals surface area contributed by atoms with E-state index in [0.717, 1.165) is 28.2 Å². The Bertz CT molecular complexity index is 1290. The predicted octanol–water partition coefficient (Wildman–Crippen LogP) is 4.62. The molecular weight excluding hydrogens is 503 g/mol. The van der Waals surface area contributed by atoms with Crippen LogP contribution >= 0.6 is 23.2 Å². The standard InChI is InChI=1S/C26H28Cl2N4O4/c1-16-11-19(17(2)32(16)22-7-6-20(27)13-21(22)28)15-30-31-26(34)14-25(33)29-10-9-18-5-8-23(35-3)24(12-18)36-4/h5-8,11-13,15H,9-10,14H2,1-4H3,(H,29,33)(H,31,34)/b30-15+. The highest BCUT2D eigenvalue weighted by Crippen LogP contribution is 2.29. The fourth-order valence-corrected chi connectivity index (χ4v) is 4.25. The smallest absolute Gasteiger partial charge is 0.249 e. The van der Waals surface area contributed by atoms with E-state index in [1.807, 2.05) is 48.7 Å². The number of methoxy groups -OCH3 is 2. The number of hydrogen-bond donors (Lipinski definition) is 2. The van der Waals surface area contributed by atoms with E-state index in [2.05, 4.69) is 15.8 Å². The molecule has 2 N–H and O–H groups in total. The Hall–Kier alpha value is -3.49. The summed E-state index contributed by atoms with van der Waals surface area (Å²) in [4.78, 5) is 24.3. The summed E-state index contributed by atoms with van der Waals surface area (Å²) in [5.74, 6) is 0.358. The van der Waals surface area contributed by atoms with Crippen LogP contribution in [0.5, 0.6) is 11.5 Å². The number of hydrogen-bond acceptors (Lipinski definition) is 5. The van der Waals surface area contributed by atoms with Crippen LogP contribution in [0, 0.1) is 13.8 Å². The lowest BCUT2D eigenvalue weighted by Crippen LogP contribution is -2.31. The van der Waals surface area contributed by atoms with Gasteiger partial charge in [0.05, 0.1) is 31.1 Å². The summed E-state index contributed by atoms with van der Waals surface area (Å²) in [5.41, 5.74) is 6.80. The largest absolute Gasteiger partial charge is 0.493 e. The molecule has 10 heteroatoms. The Morgan fingerprint density at radius 3 is 2.44 bits per heavy atom. The van der Waals surface area contributed by atoms with E-state index < -0.39 is 11.8 Å². The van der Waals surface area contributed by atoms with E-state index >= 15 is 0 Å². The van der Waals surface area contributed by atoms with Gasteiger partial charge in [-0.3, -0.25) is 9.59 Å². The van der Waals surface area contributed by atoms with Gasteiger partial charge in [-0.05, 0) is 62.2 Å². The minimum Gasteiger partial charge on any atom is -0.493 e. The average Bonchev–Trinajstić information content (AvgIpc) is 3.11. The van der Waals surface area contributed by atoms with Crippen LogP contribution in [-0.4, -0.2) is 43.4 Å². The molecule has 0 saturated heterocycles. The SMILES string of the molecule is COc1ccc(CCNC(=O)CC(=O)N/N=C/c2cc(C)n(-c3ccc(Cl)cc3Cl)c2C)cc1OC. The van der Waals surface area contributed by atoms with Crippen molar-refractivity contribution in [3.05, 3.63) is 75.0 Å². The van der Waals surface area contributed by atoms with Crippen molar-refractivity contribution in [1.29, 1.82) is 0 Å². The molecule has 0 atom stereocenters. The van der Waals surface area contributed by atoms with Crippen molar-refractivity contribution < 1.29 is 19.1 Å². The Labute approximate surface area is 220 Å². The molecule has 0 unspecified atom stereocenters. The van der Waals surface area contributed by atoms with Crippen LogP contribution in [-0.2, 0) is 16.0 Å². The van der Waals surface area contributed by atoms with Gasteiger partial charge in [0, 0.05) is 28.5 Å². The zero-order valence-electron chi connectivity index (χ0n) is 20.5. The molecule has 36 heavy (non-hydrogen) atoms. The number of carbonyl (C=O) groups excluding carboxylic acids is 2. The molecule has 1 heterocycles. The summed E-state index contributed by atoms with van der Waals surface area (Å²) in [5, 5.41) is 7.82. The number of carbonyl (C=O) groups is 2. The second-order valence-corrected chi connectivity index (χ2v) is 8.86. The number of rotatable bonds is 10. The first-order chi connectivity index (χ1) is 17.2. The van der Waals surface area contributed by atoms with Gasteiger partial charge in [-0.15, -0.1) is 0 Å². The van der Waals surface area contributed by atoms with Gasteiger partial charge >= 0.3 is 0 Å². The molecule has 0 bridgehead atoms. The first kappa shape index (κ1) is 27.1. The summed E-state index contributed by atoms with van der Waals surface area (Å²) in [6, 6.07) is 12.8. The lowest BCUT2D eigenvalue weighted by Gasteiger charge is -2.11. The Morgan fingerprint density at radius 1 is 1.00 bits per heavy atom. The fraction of sp³-hybridized carbons (Fsp3) is 0.269. The molecule has 0 aliphatic carbocycles. The quantitative estimate of drug-likeness (QED) is 0.227. The lowest BCUT2D eigenvalue weighted by atomic mass is 10.1. The van der Waals surface area contributed by atoms with Gasteiger partial charge in [-0.1, -0.05) is 29.3 Å². The maximum absolute atomic E-state index is 12.1. The summed E-state index contributed by atoms with van der Waals surface area (Å²) in [6.07, 6.45) is 1.79. The molecule has 3 aromatic rings. The van der Waals surface area contributed by atoms with Crippen LogP contribution < -0.4 is 20.2 Å². The molecular formula is C26H28Cl2N4O4. The maximum atomic E-state index is 12.1. The van der Waals surface area contributed by atoms with Crippen molar-refractivity contribution in [1.82, 2.24) is 15.3 Å². The number of halogens is 2. The molecule has 8 nitrogen and oxygen atoms in total. The zero-order chi connectivity index (χ0) is 26.2. The first-order valence-electron chi connectivity index (χ1n) is 11.2. The Morgan fingerprint density at radius 2 is 1.75 bits per heavy atom. The number of aromatic nitrogens is 1. The van der Waals surface area contributed by atoms with E-state index in [1.165, 1.54) is 6.21 Å². The van der Waals surface area contributed by atoms with E-state index in [-0.39, 0.29) is 6.42 Å². The van der Waals surface area contributed by atoms with Crippen molar-refractivity contribution in [2.45, 2.75) is 26.7 Å². The van der Waals surface area contributed by atoms with Gasteiger partial charge in [0.25, 0.3) is 0 Å². The van der Waals surface area contributed by atoms with Gasteiger partial charge < -0.3 is 19.4 Å². The number of aryl methyl sites for hydroxylation is 1. The number of amides is 2. The molecule has 2 amide bonds. The van der Waals surface area contributed by atoms with Gasteiger partial charge in [-0.2, -0.15) is 5.10 Å². The van der Waals surface area contributed by atoms with Gasteiger partial charge in [-0.25, -0.2) is 5.43 Å². The van der Waals surface area contributed by atoms with Crippen molar-refractivity contribution >= 4 is 41.2 Å². The minimum absolute atomic E-state index is 0.331. The minimum atomic E-state index is -0.510. The van der Waals surface area contributed by atoms with Crippen LogP contribution in [0.15, 0.2) is 47.6 Å². The van der Waals surface area contributed by atoms with Crippen LogP contribution in [0.3, 0.4) is 0 Å². The topological polar surface area (TPSA) is 94.0 Å². The molecule has 2 aromatic carbocycles. The fourth-order valence-electron chi connectivity index (χ4n) is 3.76. The molecule has 0 saturated carbocycles. The summed E-state index contributed by atoms with van der Waals surface area (Å²) < 4.78 is 12.5. The van der Waals surface area contributed by atoms with Crippen molar-refractivity contribution in [2.75, 3.05) is 20.8 Å². The molecule has 3 rings (SSSR count). The van der Waals surface area contributed by atoms with Crippen LogP contribution in [0.2, 0.25) is 10.0 Å². The summed E-state index contributed by atoms with van der Waals surface area (Å²) in [7, 11) is 3.14. The lowest BCUT2D eigenvalue weighted by molar-refractivity contribution is -0.129.